The lowest BCUT2D eigenvalue weighted by Gasteiger charge is -2.14. The zero-order chi connectivity index (χ0) is 5.98. The lowest BCUT2D eigenvalue weighted by molar-refractivity contribution is 0.359. The minimum atomic E-state index is 0.00287. The molecule has 0 aliphatic carbocycles. The van der Waals surface area contributed by atoms with Crippen LogP contribution in [0.1, 0.15) is 0 Å². The first-order chi connectivity index (χ1) is 3.79. The number of nitrogens with one attached hydrogen (secondary N) is 1. The Labute approximate surface area is 47.1 Å². The van der Waals surface area contributed by atoms with Gasteiger partial charge in [-0.3, -0.25) is 10.4 Å². The second-order valence-corrected chi connectivity index (χ2v) is 1.49. The zero-order valence-electron chi connectivity index (χ0n) is 4.50. The highest BCUT2D eigenvalue weighted by Crippen LogP contribution is 1.90. The molecule has 1 rings (SSSR count). The van der Waals surface area contributed by atoms with Crippen LogP contribution in [-0.4, -0.2) is 23.5 Å². The van der Waals surface area contributed by atoms with Gasteiger partial charge in [-0.05, 0) is 0 Å². The van der Waals surface area contributed by atoms with Crippen LogP contribution in [0.4, 0.5) is 0 Å². The molecule has 1 aliphatic heterocycles. The summed E-state index contributed by atoms with van der Waals surface area (Å²) in [7, 11) is 1.78. The summed E-state index contributed by atoms with van der Waals surface area (Å²) in [5.74, 6) is 0.00287. The molecule has 8 heavy (non-hydrogen) atoms. The van der Waals surface area contributed by atoms with E-state index in [-0.39, 0.29) is 5.88 Å². The van der Waals surface area contributed by atoms with Crippen molar-refractivity contribution in [3.8, 4) is 0 Å². The number of aliphatic hydroxyl groups is 1. The predicted molar refractivity (Wildman–Crippen MR) is 30.1 cm³/mol. The molecular formula is C4H7N3O. The standard InChI is InChI=1S/C4H7N3O/c1-7-3-5-4(8)2-6-7/h2-3,6,8H,1H3. The molecule has 0 aromatic carbocycles. The molecule has 0 atom stereocenters. The summed E-state index contributed by atoms with van der Waals surface area (Å²) in [4.78, 5) is 3.57. The van der Waals surface area contributed by atoms with Gasteiger partial charge >= 0.3 is 0 Å². The van der Waals surface area contributed by atoms with Gasteiger partial charge in [0.2, 0.25) is 5.88 Å². The van der Waals surface area contributed by atoms with Gasteiger partial charge in [-0.15, -0.1) is 0 Å². The Morgan fingerprint density at radius 1 is 1.88 bits per heavy atom. The molecule has 0 fully saturated rings. The topological polar surface area (TPSA) is 47.9 Å². The van der Waals surface area contributed by atoms with Gasteiger partial charge in [0.1, 0.15) is 6.34 Å². The lowest BCUT2D eigenvalue weighted by atomic mass is 10.8. The van der Waals surface area contributed by atoms with Crippen LogP contribution in [0, 0.1) is 0 Å². The van der Waals surface area contributed by atoms with Crippen molar-refractivity contribution < 1.29 is 5.11 Å². The van der Waals surface area contributed by atoms with Gasteiger partial charge in [0.05, 0.1) is 6.20 Å². The van der Waals surface area contributed by atoms with Crippen LogP contribution in [0.5, 0.6) is 0 Å². The first kappa shape index (κ1) is 4.96. The summed E-state index contributed by atoms with van der Waals surface area (Å²) in [6.45, 7) is 0. The second kappa shape index (κ2) is 1.73. The van der Waals surface area contributed by atoms with Gasteiger partial charge in [0, 0.05) is 7.05 Å². The minimum absolute atomic E-state index is 0.00287. The van der Waals surface area contributed by atoms with Crippen LogP contribution in [-0.2, 0) is 0 Å². The van der Waals surface area contributed by atoms with E-state index in [0.29, 0.717) is 0 Å². The summed E-state index contributed by atoms with van der Waals surface area (Å²) >= 11 is 0. The fourth-order valence-electron chi connectivity index (χ4n) is 0.376. The Morgan fingerprint density at radius 2 is 2.62 bits per heavy atom. The van der Waals surface area contributed by atoms with Crippen molar-refractivity contribution in [1.29, 1.82) is 0 Å². The number of aliphatic hydroxyl groups excluding tert-OH is 1. The molecule has 0 bridgehead atoms. The summed E-state index contributed by atoms with van der Waals surface area (Å²) in [5.41, 5.74) is 2.70. The largest absolute Gasteiger partial charge is 0.492 e. The molecular weight excluding hydrogens is 106 g/mol. The summed E-state index contributed by atoms with van der Waals surface area (Å²) < 4.78 is 0. The molecule has 44 valence electrons. The van der Waals surface area contributed by atoms with Crippen molar-refractivity contribution in [3.05, 3.63) is 12.1 Å². The average Bonchev–Trinajstić information content (AvgIpc) is 1.77. The molecule has 0 aromatic heterocycles. The van der Waals surface area contributed by atoms with Crippen molar-refractivity contribution in [2.45, 2.75) is 0 Å². The van der Waals surface area contributed by atoms with Gasteiger partial charge < -0.3 is 5.11 Å². The molecule has 1 heterocycles. The SMILES string of the molecule is CN1C=NC(O)=CN1. The van der Waals surface area contributed by atoms with Gasteiger partial charge in [-0.2, -0.15) is 0 Å². The summed E-state index contributed by atoms with van der Waals surface area (Å²) in [6.07, 6.45) is 2.88. The Balaban J connectivity index is 2.58. The van der Waals surface area contributed by atoms with E-state index in [1.165, 1.54) is 12.5 Å². The fourth-order valence-corrected chi connectivity index (χ4v) is 0.376. The third-order valence-corrected chi connectivity index (χ3v) is 0.760. The lowest BCUT2D eigenvalue weighted by Crippen LogP contribution is -2.31. The highest BCUT2D eigenvalue weighted by molar-refractivity contribution is 5.56. The van der Waals surface area contributed by atoms with E-state index in [0.717, 1.165) is 0 Å². The molecule has 4 nitrogen and oxygen atoms in total. The zero-order valence-corrected chi connectivity index (χ0v) is 4.50. The fraction of sp³-hybridized carbons (Fsp3) is 0.250. The third-order valence-electron chi connectivity index (χ3n) is 0.760. The maximum absolute atomic E-state index is 8.60. The molecule has 0 aromatic rings. The smallest absolute Gasteiger partial charge is 0.230 e. The first-order valence-electron chi connectivity index (χ1n) is 2.21. The molecule has 0 spiro atoms. The summed E-state index contributed by atoms with van der Waals surface area (Å²) in [6, 6.07) is 0. The number of nitrogens with zero attached hydrogens (tertiary/aromatic N) is 2. The predicted octanol–water partition coefficient (Wildman–Crippen LogP) is -0.178. The first-order valence-corrected chi connectivity index (χ1v) is 2.21. The molecule has 0 saturated carbocycles. The number of hydrogen-bond acceptors (Lipinski definition) is 4. The van der Waals surface area contributed by atoms with E-state index < -0.39 is 0 Å². The Bertz CT molecular complexity index is 140. The molecule has 4 heteroatoms. The number of aliphatic imine (C=N–C) groups is 1. The molecule has 0 radical (unpaired) electrons. The molecule has 0 saturated heterocycles. The van der Waals surface area contributed by atoms with Crippen molar-refractivity contribution in [2.75, 3.05) is 7.05 Å². The van der Waals surface area contributed by atoms with E-state index in [1.54, 1.807) is 12.1 Å². The van der Waals surface area contributed by atoms with Crippen molar-refractivity contribution in [3.63, 3.8) is 0 Å². The molecule has 1 aliphatic rings. The van der Waals surface area contributed by atoms with Crippen LogP contribution in [0.3, 0.4) is 0 Å². The van der Waals surface area contributed by atoms with Gasteiger partial charge in [-0.25, -0.2) is 4.99 Å². The molecule has 0 unspecified atom stereocenters. The normalized spacial score (nSPS) is 17.6. The second-order valence-electron chi connectivity index (χ2n) is 1.49. The monoisotopic (exact) mass is 113 g/mol. The van der Waals surface area contributed by atoms with Gasteiger partial charge in [0.15, 0.2) is 0 Å². The molecule has 2 N–H and O–H groups in total. The Morgan fingerprint density at radius 3 is 3.00 bits per heavy atom. The Kier molecular flexibility index (Phi) is 1.07. The minimum Gasteiger partial charge on any atom is -0.492 e. The Hall–Kier alpha value is -1.19. The van der Waals surface area contributed by atoms with E-state index in [2.05, 4.69) is 10.4 Å². The van der Waals surface area contributed by atoms with E-state index in [4.69, 9.17) is 5.11 Å². The van der Waals surface area contributed by atoms with Crippen LogP contribution in [0.2, 0.25) is 0 Å². The van der Waals surface area contributed by atoms with Crippen LogP contribution >= 0.6 is 0 Å². The molecule has 0 amide bonds. The average molecular weight is 113 g/mol. The number of hydrogen-bond donors (Lipinski definition) is 2. The van der Waals surface area contributed by atoms with Crippen molar-refractivity contribution in [2.24, 2.45) is 4.99 Å². The summed E-state index contributed by atoms with van der Waals surface area (Å²) in [5, 5.41) is 10.2. The van der Waals surface area contributed by atoms with Crippen molar-refractivity contribution >= 4 is 6.34 Å². The van der Waals surface area contributed by atoms with E-state index in [1.807, 2.05) is 0 Å². The maximum Gasteiger partial charge on any atom is 0.230 e. The van der Waals surface area contributed by atoms with Gasteiger partial charge in [-0.1, -0.05) is 0 Å². The number of hydrazine groups is 1. The number of rotatable bonds is 0. The van der Waals surface area contributed by atoms with E-state index >= 15 is 0 Å². The quantitative estimate of drug-likeness (QED) is 0.458. The maximum atomic E-state index is 8.60. The van der Waals surface area contributed by atoms with Crippen molar-refractivity contribution in [1.82, 2.24) is 10.4 Å². The van der Waals surface area contributed by atoms with E-state index in [9.17, 15) is 0 Å². The highest BCUT2D eigenvalue weighted by Gasteiger charge is 1.94. The third kappa shape index (κ3) is 0.900. The van der Waals surface area contributed by atoms with Crippen LogP contribution in [0.25, 0.3) is 0 Å². The highest BCUT2D eigenvalue weighted by atomic mass is 16.3. The van der Waals surface area contributed by atoms with Gasteiger partial charge in [0.25, 0.3) is 0 Å². The van der Waals surface area contributed by atoms with Crippen LogP contribution < -0.4 is 5.43 Å². The van der Waals surface area contributed by atoms with Crippen LogP contribution in [0.15, 0.2) is 17.1 Å².